The van der Waals surface area contributed by atoms with Crippen LogP contribution in [-0.4, -0.2) is 20.5 Å². The third-order valence-corrected chi connectivity index (χ3v) is 3.85. The number of aryl methyl sites for hydroxylation is 1. The third-order valence-electron chi connectivity index (χ3n) is 2.96. The van der Waals surface area contributed by atoms with Crippen LogP contribution in [0.5, 0.6) is 0 Å². The number of fused-ring (bicyclic) bond motifs is 1. The smallest absolute Gasteiger partial charge is 0.309 e. The lowest BCUT2D eigenvalue weighted by Gasteiger charge is -1.97. The van der Waals surface area contributed by atoms with Crippen molar-refractivity contribution in [2.45, 2.75) is 13.3 Å². The molecule has 2 heterocycles. The van der Waals surface area contributed by atoms with E-state index in [1.807, 2.05) is 47.2 Å². The SMILES string of the molecule is Cc1ccc(-c2cn3c(CC(=O)O)csc3n2)cc1. The lowest BCUT2D eigenvalue weighted by molar-refractivity contribution is -0.136. The first-order chi connectivity index (χ1) is 9.13. The average Bonchev–Trinajstić information content (AvgIpc) is 2.92. The normalized spacial score (nSPS) is 11.0. The number of hydrogen-bond donors (Lipinski definition) is 1. The minimum Gasteiger partial charge on any atom is -0.481 e. The molecule has 4 nitrogen and oxygen atoms in total. The number of aliphatic carboxylic acids is 1. The molecule has 5 heteroatoms. The van der Waals surface area contributed by atoms with E-state index in [0.29, 0.717) is 0 Å². The molecule has 0 saturated carbocycles. The van der Waals surface area contributed by atoms with E-state index in [1.165, 1.54) is 16.9 Å². The molecule has 19 heavy (non-hydrogen) atoms. The van der Waals surface area contributed by atoms with Gasteiger partial charge in [0.25, 0.3) is 0 Å². The summed E-state index contributed by atoms with van der Waals surface area (Å²) in [5, 5.41) is 10.7. The summed E-state index contributed by atoms with van der Waals surface area (Å²) in [5.41, 5.74) is 3.89. The van der Waals surface area contributed by atoms with Crippen molar-refractivity contribution in [2.75, 3.05) is 0 Å². The molecule has 0 fully saturated rings. The molecular weight excluding hydrogens is 260 g/mol. The molecule has 1 aromatic carbocycles. The molecule has 3 rings (SSSR count). The number of aromatic nitrogens is 2. The molecule has 0 aliphatic heterocycles. The maximum absolute atomic E-state index is 10.8. The van der Waals surface area contributed by atoms with Crippen LogP contribution < -0.4 is 0 Å². The van der Waals surface area contributed by atoms with Gasteiger partial charge in [-0.1, -0.05) is 29.8 Å². The molecule has 96 valence electrons. The summed E-state index contributed by atoms with van der Waals surface area (Å²) in [6, 6.07) is 8.14. The summed E-state index contributed by atoms with van der Waals surface area (Å²) in [6.45, 7) is 2.04. The van der Waals surface area contributed by atoms with Crippen LogP contribution in [0.25, 0.3) is 16.2 Å². The van der Waals surface area contributed by atoms with E-state index in [4.69, 9.17) is 5.11 Å². The molecule has 0 aliphatic rings. The number of nitrogens with zero attached hydrogens (tertiary/aromatic N) is 2. The van der Waals surface area contributed by atoms with Gasteiger partial charge in [0.15, 0.2) is 4.96 Å². The fraction of sp³-hybridized carbons (Fsp3) is 0.143. The van der Waals surface area contributed by atoms with Gasteiger partial charge in [-0.15, -0.1) is 11.3 Å². The van der Waals surface area contributed by atoms with Crippen molar-refractivity contribution >= 4 is 22.3 Å². The van der Waals surface area contributed by atoms with Crippen LogP contribution in [0.4, 0.5) is 0 Å². The van der Waals surface area contributed by atoms with Gasteiger partial charge < -0.3 is 5.11 Å². The van der Waals surface area contributed by atoms with Crippen molar-refractivity contribution in [3.05, 3.63) is 47.1 Å². The summed E-state index contributed by atoms with van der Waals surface area (Å²) in [4.78, 5) is 16.2. The van der Waals surface area contributed by atoms with Crippen molar-refractivity contribution < 1.29 is 9.90 Å². The summed E-state index contributed by atoms with van der Waals surface area (Å²) >= 11 is 1.46. The molecule has 0 amide bonds. The van der Waals surface area contributed by atoms with Crippen LogP contribution in [0.15, 0.2) is 35.8 Å². The van der Waals surface area contributed by atoms with Crippen molar-refractivity contribution in [1.82, 2.24) is 9.38 Å². The summed E-state index contributed by atoms with van der Waals surface area (Å²) < 4.78 is 1.86. The van der Waals surface area contributed by atoms with E-state index in [0.717, 1.165) is 21.9 Å². The predicted octanol–water partition coefficient (Wildman–Crippen LogP) is 3.00. The minimum atomic E-state index is -0.828. The summed E-state index contributed by atoms with van der Waals surface area (Å²) in [6.07, 6.45) is 1.92. The second-order valence-corrected chi connectivity index (χ2v) is 5.28. The molecule has 0 unspecified atom stereocenters. The fourth-order valence-electron chi connectivity index (χ4n) is 1.97. The molecule has 0 aliphatic carbocycles. The number of benzene rings is 1. The maximum atomic E-state index is 10.8. The average molecular weight is 272 g/mol. The van der Waals surface area contributed by atoms with Crippen LogP contribution in [-0.2, 0) is 11.2 Å². The van der Waals surface area contributed by atoms with Gasteiger partial charge in [-0.3, -0.25) is 9.20 Å². The molecule has 0 atom stereocenters. The van der Waals surface area contributed by atoms with Crippen molar-refractivity contribution in [1.29, 1.82) is 0 Å². The molecule has 0 bridgehead atoms. The highest BCUT2D eigenvalue weighted by Crippen LogP contribution is 2.24. The number of carboxylic acid groups (broad SMARTS) is 1. The Morgan fingerprint density at radius 3 is 2.79 bits per heavy atom. The Labute approximate surface area is 114 Å². The molecule has 2 aromatic heterocycles. The largest absolute Gasteiger partial charge is 0.481 e. The summed E-state index contributed by atoms with van der Waals surface area (Å²) in [5.74, 6) is -0.828. The van der Waals surface area contributed by atoms with Crippen molar-refractivity contribution in [3.63, 3.8) is 0 Å². The number of thiazole rings is 1. The molecular formula is C14H12N2O2S. The van der Waals surface area contributed by atoms with Gasteiger partial charge in [0, 0.05) is 22.8 Å². The van der Waals surface area contributed by atoms with Gasteiger partial charge in [-0.05, 0) is 6.92 Å². The minimum absolute atomic E-state index is 0.0176. The predicted molar refractivity (Wildman–Crippen MR) is 74.6 cm³/mol. The van der Waals surface area contributed by atoms with Crippen LogP contribution in [0.3, 0.4) is 0 Å². The van der Waals surface area contributed by atoms with E-state index in [1.54, 1.807) is 0 Å². The maximum Gasteiger partial charge on any atom is 0.309 e. The van der Waals surface area contributed by atoms with Crippen LogP contribution in [0.2, 0.25) is 0 Å². The lowest BCUT2D eigenvalue weighted by atomic mass is 10.1. The van der Waals surface area contributed by atoms with Gasteiger partial charge >= 0.3 is 5.97 Å². The first-order valence-corrected chi connectivity index (χ1v) is 6.76. The Kier molecular flexibility index (Phi) is 2.83. The van der Waals surface area contributed by atoms with E-state index in [9.17, 15) is 4.79 Å². The standard InChI is InChI=1S/C14H12N2O2S/c1-9-2-4-10(5-3-9)12-7-16-11(6-13(17)18)8-19-14(16)15-12/h2-5,7-8H,6H2,1H3,(H,17,18). The Hall–Kier alpha value is -2.14. The number of carbonyl (C=O) groups is 1. The van der Waals surface area contributed by atoms with Crippen LogP contribution >= 0.6 is 11.3 Å². The van der Waals surface area contributed by atoms with E-state index in [-0.39, 0.29) is 6.42 Å². The highest BCUT2D eigenvalue weighted by molar-refractivity contribution is 7.15. The zero-order valence-corrected chi connectivity index (χ0v) is 11.1. The first-order valence-electron chi connectivity index (χ1n) is 5.88. The van der Waals surface area contributed by atoms with Crippen LogP contribution in [0, 0.1) is 6.92 Å². The number of imidazole rings is 1. The number of carboxylic acids is 1. The zero-order chi connectivity index (χ0) is 13.4. The van der Waals surface area contributed by atoms with Gasteiger partial charge in [-0.2, -0.15) is 0 Å². The van der Waals surface area contributed by atoms with E-state index >= 15 is 0 Å². The van der Waals surface area contributed by atoms with E-state index in [2.05, 4.69) is 4.98 Å². The van der Waals surface area contributed by atoms with Gasteiger partial charge in [-0.25, -0.2) is 4.98 Å². The van der Waals surface area contributed by atoms with E-state index < -0.39 is 5.97 Å². The zero-order valence-electron chi connectivity index (χ0n) is 10.3. The second-order valence-electron chi connectivity index (χ2n) is 4.44. The van der Waals surface area contributed by atoms with Crippen LogP contribution in [0.1, 0.15) is 11.3 Å². The highest BCUT2D eigenvalue weighted by Gasteiger charge is 2.11. The quantitative estimate of drug-likeness (QED) is 0.797. The Morgan fingerprint density at radius 1 is 1.37 bits per heavy atom. The van der Waals surface area contributed by atoms with Crippen molar-refractivity contribution in [2.24, 2.45) is 0 Å². The topological polar surface area (TPSA) is 54.6 Å². The van der Waals surface area contributed by atoms with Gasteiger partial charge in [0.05, 0.1) is 12.1 Å². The monoisotopic (exact) mass is 272 g/mol. The molecule has 0 saturated heterocycles. The molecule has 3 aromatic rings. The first kappa shape index (κ1) is 11.9. The Balaban J connectivity index is 2.04. The Bertz CT molecular complexity index is 740. The van der Waals surface area contributed by atoms with Crippen molar-refractivity contribution in [3.8, 4) is 11.3 Å². The highest BCUT2D eigenvalue weighted by atomic mass is 32.1. The third kappa shape index (κ3) is 2.24. The second kappa shape index (κ2) is 4.51. The summed E-state index contributed by atoms with van der Waals surface area (Å²) in [7, 11) is 0. The van der Waals surface area contributed by atoms with Gasteiger partial charge in [0.2, 0.25) is 0 Å². The fourth-order valence-corrected chi connectivity index (χ4v) is 2.85. The van der Waals surface area contributed by atoms with Gasteiger partial charge in [0.1, 0.15) is 0 Å². The number of hydrogen-bond acceptors (Lipinski definition) is 3. The molecule has 0 radical (unpaired) electrons. The molecule has 1 N–H and O–H groups in total. The lowest BCUT2D eigenvalue weighted by Crippen LogP contribution is -2.02. The Morgan fingerprint density at radius 2 is 2.11 bits per heavy atom. The number of rotatable bonds is 3. The molecule has 0 spiro atoms.